The Morgan fingerprint density at radius 2 is 1.51 bits per heavy atom. The predicted molar refractivity (Wildman–Crippen MR) is 329 cm³/mol. The Labute approximate surface area is 514 Å². The van der Waals surface area contributed by atoms with Crippen LogP contribution in [0.2, 0.25) is 5.54 Å². The Morgan fingerprint density at radius 3 is 2.16 bits per heavy atom. The van der Waals surface area contributed by atoms with Crippen LogP contribution >= 0.6 is 11.8 Å². The number of piperidine rings is 1. The van der Waals surface area contributed by atoms with Gasteiger partial charge in [0.1, 0.15) is 17.7 Å². The third-order valence-corrected chi connectivity index (χ3v) is 17.6. The van der Waals surface area contributed by atoms with Gasteiger partial charge in [-0.15, -0.1) is 0 Å². The molecule has 3 atom stereocenters. The van der Waals surface area contributed by atoms with Crippen LogP contribution in [0.3, 0.4) is 0 Å². The van der Waals surface area contributed by atoms with Crippen molar-refractivity contribution in [3.63, 3.8) is 0 Å². The molecule has 9 amide bonds. The molecule has 5 aromatic rings. The molecular formula is C61H70FN13O11SSi. The number of likely N-dealkylation sites (tertiary alicyclic amines) is 1. The molecule has 2 fully saturated rings. The predicted octanol–water partition coefficient (Wildman–Crippen LogP) is 6.39. The number of aromatic nitrogens is 3. The monoisotopic (exact) mass is 1240 g/mol. The van der Waals surface area contributed by atoms with Crippen LogP contribution < -0.4 is 42.6 Å². The van der Waals surface area contributed by atoms with E-state index < -0.39 is 92.7 Å². The van der Waals surface area contributed by atoms with Crippen LogP contribution in [-0.2, 0) is 44.9 Å². The van der Waals surface area contributed by atoms with Crippen LogP contribution in [0.5, 0.6) is 0 Å². The number of benzene rings is 3. The zero-order valence-corrected chi connectivity index (χ0v) is 50.6. The standard InChI is InChI=1S/C61H70FN13O11SSi/c1-6-47(76)66-40-22-18-38(19-23-40)54(79)69-43-10-7-9-42(31-43)67-53-50(62)58(71-52-45(34(2)3)32-65-75(52)53)87-44-26-29-73(30-27-44)61(85)86-33-36-12-20-41(21-13-36)68-56(81)46(11-8-28-64-60(63)84)88-72-57(82)51(35(4)5)70-55(80)37-14-16-39(17-15-37)59(83)74-48(77)24-25-49(74)78/h6-7,9-10,12-13,18-25,31-32,34,37,39,44,46,51,60,64,67,84H,1,4,8,11,14-17,26-30,33,63H2,2-3,5H3,(H,66,76)(H,68,81)(H,69,79)(H,70,80)(H,72,82)/t37?,39?,46-,51-,60?/m0/s1. The van der Waals surface area contributed by atoms with Gasteiger partial charge in [-0.2, -0.15) is 14.0 Å². The van der Waals surface area contributed by atoms with Gasteiger partial charge in [-0.05, 0) is 143 Å². The molecule has 4 heterocycles. The van der Waals surface area contributed by atoms with Crippen LogP contribution in [-0.4, -0.2) is 130 Å². The average molecular weight is 1240 g/mol. The number of hydrogen-bond donors (Lipinski definition) is 9. The molecule has 2 aliphatic heterocycles. The Kier molecular flexibility index (Phi) is 22.3. The maximum absolute atomic E-state index is 16.8. The molecule has 3 aromatic carbocycles. The Balaban J connectivity index is 0.811. The number of nitrogens with one attached hydrogen (secondary N) is 7. The van der Waals surface area contributed by atoms with Gasteiger partial charge in [-0.1, -0.05) is 57.0 Å². The van der Waals surface area contributed by atoms with Gasteiger partial charge < -0.3 is 46.3 Å². The first-order chi connectivity index (χ1) is 42.1. The highest BCUT2D eigenvalue weighted by molar-refractivity contribution is 7.99. The minimum Gasteiger partial charge on any atom is -0.445 e. The van der Waals surface area contributed by atoms with E-state index in [0.29, 0.717) is 95.2 Å². The van der Waals surface area contributed by atoms with Gasteiger partial charge in [0.25, 0.3) is 17.7 Å². The second kappa shape index (κ2) is 30.1. The topological polar surface area (TPSA) is 330 Å². The summed E-state index contributed by atoms with van der Waals surface area (Å²) in [6, 6.07) is 18.8. The number of thioether (sulfide) groups is 1. The summed E-state index contributed by atoms with van der Waals surface area (Å²) in [5.74, 6) is -5.84. The van der Waals surface area contributed by atoms with E-state index in [4.69, 9.17) is 15.5 Å². The number of fused-ring (bicyclic) bond motifs is 1. The molecule has 462 valence electrons. The second-order valence-electron chi connectivity index (χ2n) is 21.8. The SMILES string of the molecule is C=CC(=O)Nc1ccc(C(=O)Nc2cccc(Nc3c(F)c(SC4CCN(C(=O)OCc5ccc(NC(=O)[C@H](CCCNC(N)O)[Si]NC(=O)[C@@H](NC(=O)C6CCC(C(=O)N7C(=O)C=CC7=O)CC6)C(=C)C)cc5)CC4)nc4c(C(C)C)cnn34)c2)cc1. The van der Waals surface area contributed by atoms with Crippen LogP contribution in [0.15, 0.2) is 121 Å². The van der Waals surface area contributed by atoms with Crippen molar-refractivity contribution in [1.29, 1.82) is 0 Å². The molecule has 2 radical (unpaired) electrons. The van der Waals surface area contributed by atoms with Crippen molar-refractivity contribution in [3.05, 3.63) is 138 Å². The van der Waals surface area contributed by atoms with Gasteiger partial charge in [-0.3, -0.25) is 49.4 Å². The van der Waals surface area contributed by atoms with Crippen molar-refractivity contribution >= 4 is 109 Å². The second-order valence-corrected chi connectivity index (χ2v) is 24.3. The molecule has 2 aromatic heterocycles. The molecule has 1 aliphatic carbocycles. The number of amides is 9. The molecule has 8 rings (SSSR count). The summed E-state index contributed by atoms with van der Waals surface area (Å²) in [5, 5.41) is 31.1. The summed E-state index contributed by atoms with van der Waals surface area (Å²) in [7, 11) is -0.442. The van der Waals surface area contributed by atoms with Crippen molar-refractivity contribution in [2.45, 2.75) is 113 Å². The van der Waals surface area contributed by atoms with Gasteiger partial charge in [-0.25, -0.2) is 14.7 Å². The zero-order chi connectivity index (χ0) is 63.2. The van der Waals surface area contributed by atoms with Crippen molar-refractivity contribution in [2.24, 2.45) is 17.6 Å². The third-order valence-electron chi connectivity index (χ3n) is 15.0. The smallest absolute Gasteiger partial charge is 0.410 e. The molecule has 10 N–H and O–H groups in total. The fourth-order valence-corrected chi connectivity index (χ4v) is 12.2. The first kappa shape index (κ1) is 65.1. The molecule has 3 aliphatic rings. The largest absolute Gasteiger partial charge is 0.445 e. The zero-order valence-electron chi connectivity index (χ0n) is 48.8. The molecule has 0 bridgehead atoms. The van der Waals surface area contributed by atoms with Crippen LogP contribution in [0.1, 0.15) is 99.5 Å². The van der Waals surface area contributed by atoms with Crippen LogP contribution in [0, 0.1) is 17.7 Å². The highest BCUT2D eigenvalue weighted by Crippen LogP contribution is 2.37. The summed E-state index contributed by atoms with van der Waals surface area (Å²) in [4.78, 5) is 126. The van der Waals surface area contributed by atoms with Gasteiger partial charge in [0.15, 0.2) is 33.3 Å². The minimum atomic E-state index is -1.27. The van der Waals surface area contributed by atoms with E-state index in [1.54, 1.807) is 90.8 Å². The fraction of sp³-hybridized carbons (Fsp3) is 0.361. The molecule has 0 spiro atoms. The molecule has 27 heteroatoms. The van der Waals surface area contributed by atoms with E-state index >= 15 is 4.39 Å². The number of rotatable bonds is 25. The molecule has 1 saturated carbocycles. The van der Waals surface area contributed by atoms with E-state index in [1.165, 1.54) is 16.3 Å². The lowest BCUT2D eigenvalue weighted by Gasteiger charge is -2.31. The number of anilines is 5. The Bertz CT molecular complexity index is 3480. The molecule has 24 nitrogen and oxygen atoms in total. The number of nitrogens with zero attached hydrogens (tertiary/aromatic N) is 5. The fourth-order valence-electron chi connectivity index (χ4n) is 10.1. The number of imide groups is 3. The number of halogens is 1. The van der Waals surface area contributed by atoms with E-state index in [0.717, 1.165) is 23.8 Å². The normalized spacial score (nSPS) is 17.0. The van der Waals surface area contributed by atoms with Crippen molar-refractivity contribution < 1.29 is 57.4 Å². The van der Waals surface area contributed by atoms with Crippen LogP contribution in [0.4, 0.5) is 37.8 Å². The summed E-state index contributed by atoms with van der Waals surface area (Å²) < 4.78 is 23.9. The van der Waals surface area contributed by atoms with Gasteiger partial charge in [0.05, 0.1) is 11.7 Å². The number of hydrogen-bond acceptors (Lipinski definition) is 17. The number of aliphatic hydroxyl groups excluding tert-OH is 1. The molecular weight excluding hydrogens is 1170 g/mol. The first-order valence-electron chi connectivity index (χ1n) is 28.7. The van der Waals surface area contributed by atoms with Gasteiger partial charge >= 0.3 is 6.09 Å². The maximum Gasteiger partial charge on any atom is 0.410 e. The van der Waals surface area contributed by atoms with Crippen LogP contribution in [0.25, 0.3) is 5.65 Å². The van der Waals surface area contributed by atoms with E-state index in [-0.39, 0.29) is 60.3 Å². The summed E-state index contributed by atoms with van der Waals surface area (Å²) in [6.07, 6.45) is 5.97. The van der Waals surface area contributed by atoms with Crippen molar-refractivity contribution in [2.75, 3.05) is 40.9 Å². The number of aliphatic hydroxyl groups is 1. The van der Waals surface area contributed by atoms with Gasteiger partial charge in [0.2, 0.25) is 29.5 Å². The number of carbonyl (C=O) groups excluding carboxylic acids is 9. The minimum absolute atomic E-state index is 0.0217. The Hall–Kier alpha value is -8.89. The number of carbonyl (C=O) groups is 9. The molecule has 1 saturated heterocycles. The first-order valence-corrected chi connectivity index (χ1v) is 30.7. The lowest BCUT2D eigenvalue weighted by atomic mass is 9.80. The van der Waals surface area contributed by atoms with E-state index in [2.05, 4.69) is 55.1 Å². The van der Waals surface area contributed by atoms with Crippen molar-refractivity contribution in [1.82, 2.24) is 40.0 Å². The van der Waals surface area contributed by atoms with Gasteiger partial charge in [0, 0.05) is 76.2 Å². The lowest BCUT2D eigenvalue weighted by Crippen LogP contribution is -2.51. The van der Waals surface area contributed by atoms with Crippen molar-refractivity contribution in [3.8, 4) is 0 Å². The summed E-state index contributed by atoms with van der Waals surface area (Å²) >= 11 is 1.29. The number of ether oxygens (including phenoxy) is 1. The maximum atomic E-state index is 16.8. The number of nitrogens with two attached hydrogens (primary N) is 1. The average Bonchev–Trinajstić information content (AvgIpc) is 1.96. The van der Waals surface area contributed by atoms with E-state index in [9.17, 15) is 48.3 Å². The summed E-state index contributed by atoms with van der Waals surface area (Å²) in [5.41, 5.74) is 9.18. The third kappa shape index (κ3) is 17.0. The van der Waals surface area contributed by atoms with E-state index in [1.807, 2.05) is 13.8 Å². The molecule has 88 heavy (non-hydrogen) atoms. The summed E-state index contributed by atoms with van der Waals surface area (Å²) in [6.45, 7) is 13.8. The highest BCUT2D eigenvalue weighted by Gasteiger charge is 2.39. The Morgan fingerprint density at radius 1 is 0.864 bits per heavy atom. The highest BCUT2D eigenvalue weighted by atomic mass is 32.2. The lowest BCUT2D eigenvalue weighted by molar-refractivity contribution is -0.152. The molecule has 1 unspecified atom stereocenters. The quantitative estimate of drug-likeness (QED) is 0.00581.